The Hall–Kier alpha value is -2.18. The molecule has 0 spiro atoms. The minimum absolute atomic E-state index is 0.168. The highest BCUT2D eigenvalue weighted by molar-refractivity contribution is 7.13. The zero-order valence-electron chi connectivity index (χ0n) is 11.5. The van der Waals surface area contributed by atoms with Gasteiger partial charge in [0.15, 0.2) is 0 Å². The van der Waals surface area contributed by atoms with Crippen LogP contribution in [-0.4, -0.2) is 27.6 Å². The van der Waals surface area contributed by atoms with Gasteiger partial charge >= 0.3 is 0 Å². The second-order valence-electron chi connectivity index (χ2n) is 4.60. The van der Waals surface area contributed by atoms with E-state index in [0.29, 0.717) is 23.7 Å². The summed E-state index contributed by atoms with van der Waals surface area (Å²) in [6, 6.07) is 9.26. The van der Waals surface area contributed by atoms with Crippen LogP contribution in [-0.2, 0) is 6.42 Å². The van der Waals surface area contributed by atoms with Crippen LogP contribution >= 0.6 is 22.9 Å². The van der Waals surface area contributed by atoms with Gasteiger partial charge in [0.1, 0.15) is 10.7 Å². The number of hydrogen-bond acceptors (Lipinski definition) is 4. The molecule has 0 aliphatic carbocycles. The number of benzene rings is 1. The van der Waals surface area contributed by atoms with Crippen LogP contribution in [0.5, 0.6) is 0 Å². The minimum atomic E-state index is -0.168. The van der Waals surface area contributed by atoms with E-state index in [4.69, 9.17) is 11.6 Å². The molecular formula is C15H13ClN4OS. The van der Waals surface area contributed by atoms with Crippen LogP contribution < -0.4 is 5.32 Å². The van der Waals surface area contributed by atoms with Crippen molar-refractivity contribution in [3.05, 3.63) is 58.3 Å². The quantitative estimate of drug-likeness (QED) is 0.754. The molecule has 0 fully saturated rings. The largest absolute Gasteiger partial charge is 0.350 e. The molecule has 2 N–H and O–H groups in total. The van der Waals surface area contributed by atoms with Gasteiger partial charge in [0, 0.05) is 30.1 Å². The number of rotatable bonds is 5. The van der Waals surface area contributed by atoms with Gasteiger partial charge < -0.3 is 5.32 Å². The lowest BCUT2D eigenvalue weighted by Gasteiger charge is -2.01. The smallest absolute Gasteiger partial charge is 0.269 e. The summed E-state index contributed by atoms with van der Waals surface area (Å²) in [7, 11) is 0. The summed E-state index contributed by atoms with van der Waals surface area (Å²) in [6.45, 7) is 0.517. The average molecular weight is 333 g/mol. The number of carbonyl (C=O) groups is 1. The fourth-order valence-corrected chi connectivity index (χ4v) is 3.14. The fourth-order valence-electron chi connectivity index (χ4n) is 1.96. The lowest BCUT2D eigenvalue weighted by Crippen LogP contribution is -2.26. The summed E-state index contributed by atoms with van der Waals surface area (Å²) in [5.74, 6) is -0.168. The van der Waals surface area contributed by atoms with Crippen molar-refractivity contribution in [3.8, 4) is 10.6 Å². The number of carbonyl (C=O) groups excluding carboxylic acids is 1. The van der Waals surface area contributed by atoms with Gasteiger partial charge in [-0.1, -0.05) is 29.8 Å². The lowest BCUT2D eigenvalue weighted by molar-refractivity contribution is 0.0949. The van der Waals surface area contributed by atoms with Crippen LogP contribution in [0.2, 0.25) is 5.02 Å². The van der Waals surface area contributed by atoms with Crippen molar-refractivity contribution in [1.82, 2.24) is 20.5 Å². The summed E-state index contributed by atoms with van der Waals surface area (Å²) in [5, 5.41) is 12.8. The third-order valence-electron chi connectivity index (χ3n) is 3.07. The summed E-state index contributed by atoms with van der Waals surface area (Å²) in [5.41, 5.74) is 2.32. The SMILES string of the molecule is O=C(NCCc1csc(-c2ccccc2Cl)n1)c1ccn[nH]1. The van der Waals surface area contributed by atoms with E-state index >= 15 is 0 Å². The maximum absolute atomic E-state index is 11.7. The second-order valence-corrected chi connectivity index (χ2v) is 5.87. The van der Waals surface area contributed by atoms with Crippen LogP contribution in [0.3, 0.4) is 0 Å². The minimum Gasteiger partial charge on any atom is -0.350 e. The average Bonchev–Trinajstić information content (AvgIpc) is 3.19. The molecule has 0 saturated heterocycles. The molecule has 3 aromatic rings. The highest BCUT2D eigenvalue weighted by Gasteiger charge is 2.09. The van der Waals surface area contributed by atoms with Crippen LogP contribution in [0.4, 0.5) is 0 Å². The standard InChI is InChI=1S/C15H13ClN4OS/c16-12-4-2-1-3-11(12)15-19-10(9-22-15)5-7-17-14(21)13-6-8-18-20-13/h1-4,6,8-9H,5,7H2,(H,17,21)(H,18,20). The van der Waals surface area contributed by atoms with E-state index in [9.17, 15) is 4.79 Å². The van der Waals surface area contributed by atoms with Gasteiger partial charge in [0.25, 0.3) is 5.91 Å². The first-order chi connectivity index (χ1) is 10.7. The molecular weight excluding hydrogens is 320 g/mol. The van der Waals surface area contributed by atoms with Gasteiger partial charge in [-0.2, -0.15) is 5.10 Å². The first-order valence-corrected chi connectivity index (χ1v) is 7.96. The van der Waals surface area contributed by atoms with Crippen molar-refractivity contribution in [2.24, 2.45) is 0 Å². The molecule has 0 unspecified atom stereocenters. The van der Waals surface area contributed by atoms with Crippen LogP contribution in [0.15, 0.2) is 41.9 Å². The van der Waals surface area contributed by atoms with Gasteiger partial charge in [0.05, 0.1) is 10.7 Å². The first kappa shape index (κ1) is 14.7. The molecule has 0 radical (unpaired) electrons. The number of halogens is 1. The number of hydrogen-bond donors (Lipinski definition) is 2. The Balaban J connectivity index is 1.58. The molecule has 0 aliphatic heterocycles. The second kappa shape index (κ2) is 6.72. The number of aromatic amines is 1. The molecule has 0 aliphatic rings. The van der Waals surface area contributed by atoms with Gasteiger partial charge in [-0.15, -0.1) is 11.3 Å². The van der Waals surface area contributed by atoms with E-state index in [-0.39, 0.29) is 5.91 Å². The number of H-pyrrole nitrogens is 1. The molecule has 22 heavy (non-hydrogen) atoms. The molecule has 1 amide bonds. The monoisotopic (exact) mass is 332 g/mol. The Morgan fingerprint density at radius 2 is 2.18 bits per heavy atom. The van der Waals surface area contributed by atoms with E-state index in [1.165, 1.54) is 0 Å². The van der Waals surface area contributed by atoms with E-state index in [1.54, 1.807) is 23.6 Å². The topological polar surface area (TPSA) is 70.7 Å². The van der Waals surface area contributed by atoms with Gasteiger partial charge in [-0.05, 0) is 12.1 Å². The number of amides is 1. The first-order valence-electron chi connectivity index (χ1n) is 6.71. The summed E-state index contributed by atoms with van der Waals surface area (Å²) in [4.78, 5) is 16.3. The highest BCUT2D eigenvalue weighted by Crippen LogP contribution is 2.30. The number of nitrogens with zero attached hydrogens (tertiary/aromatic N) is 2. The summed E-state index contributed by atoms with van der Waals surface area (Å²) in [6.07, 6.45) is 2.21. The molecule has 3 rings (SSSR count). The molecule has 2 heterocycles. The number of thiazole rings is 1. The molecule has 7 heteroatoms. The summed E-state index contributed by atoms with van der Waals surface area (Å²) < 4.78 is 0. The van der Waals surface area contributed by atoms with Crippen molar-refractivity contribution in [3.63, 3.8) is 0 Å². The molecule has 112 valence electrons. The van der Waals surface area contributed by atoms with Gasteiger partial charge in [0.2, 0.25) is 0 Å². The molecule has 0 atom stereocenters. The summed E-state index contributed by atoms with van der Waals surface area (Å²) >= 11 is 7.72. The maximum Gasteiger partial charge on any atom is 0.269 e. The fraction of sp³-hybridized carbons (Fsp3) is 0.133. The third-order valence-corrected chi connectivity index (χ3v) is 4.32. The normalized spacial score (nSPS) is 10.6. The molecule has 2 aromatic heterocycles. The van der Waals surface area contributed by atoms with Crippen LogP contribution in [0.25, 0.3) is 10.6 Å². The van der Waals surface area contributed by atoms with E-state index < -0.39 is 0 Å². The van der Waals surface area contributed by atoms with Crippen LogP contribution in [0, 0.1) is 0 Å². The molecule has 5 nitrogen and oxygen atoms in total. The Morgan fingerprint density at radius 1 is 1.32 bits per heavy atom. The Morgan fingerprint density at radius 3 is 2.95 bits per heavy atom. The Kier molecular flexibility index (Phi) is 4.50. The van der Waals surface area contributed by atoms with Crippen LogP contribution in [0.1, 0.15) is 16.2 Å². The van der Waals surface area contributed by atoms with E-state index in [0.717, 1.165) is 16.3 Å². The number of nitrogens with one attached hydrogen (secondary N) is 2. The van der Waals surface area contributed by atoms with E-state index in [2.05, 4.69) is 20.5 Å². The zero-order valence-corrected chi connectivity index (χ0v) is 13.1. The maximum atomic E-state index is 11.7. The Bertz CT molecular complexity index is 769. The van der Waals surface area contributed by atoms with E-state index in [1.807, 2.05) is 29.6 Å². The predicted molar refractivity (Wildman–Crippen MR) is 87.2 cm³/mol. The number of aromatic nitrogens is 3. The molecule has 0 bridgehead atoms. The van der Waals surface area contributed by atoms with Crippen molar-refractivity contribution >= 4 is 28.8 Å². The van der Waals surface area contributed by atoms with Crippen molar-refractivity contribution in [2.45, 2.75) is 6.42 Å². The van der Waals surface area contributed by atoms with Crippen molar-refractivity contribution in [1.29, 1.82) is 0 Å². The lowest BCUT2D eigenvalue weighted by atomic mass is 10.2. The highest BCUT2D eigenvalue weighted by atomic mass is 35.5. The Labute approximate surface area is 136 Å². The van der Waals surface area contributed by atoms with Crippen molar-refractivity contribution < 1.29 is 4.79 Å². The zero-order chi connectivity index (χ0) is 15.4. The van der Waals surface area contributed by atoms with Gasteiger partial charge in [-0.25, -0.2) is 4.98 Å². The van der Waals surface area contributed by atoms with Crippen molar-refractivity contribution in [2.75, 3.05) is 6.54 Å². The molecule has 1 aromatic carbocycles. The predicted octanol–water partition coefficient (Wildman–Crippen LogP) is 3.16. The third kappa shape index (κ3) is 3.35. The van der Waals surface area contributed by atoms with Gasteiger partial charge in [-0.3, -0.25) is 9.89 Å². The molecule has 0 saturated carbocycles.